The Balaban J connectivity index is 1.65. The number of anilines is 2. The van der Waals surface area contributed by atoms with Crippen LogP contribution < -0.4 is 15.5 Å². The fourth-order valence-electron chi connectivity index (χ4n) is 4.21. The van der Waals surface area contributed by atoms with Crippen molar-refractivity contribution in [1.29, 1.82) is 0 Å². The standard InChI is InChI=1S/C23H27F3N6/c1-13(17-5-4-6-18(20(17)24)22(25)26)29-23-19-11-16(12-28-21(19)14(2)30-31-23)32-9-7-15(27-3)8-10-32/h4-6,11-13,15,22,27H,7-10H2,1-3H3,(H,29,31). The van der Waals surface area contributed by atoms with Crippen molar-refractivity contribution in [3.05, 3.63) is 53.1 Å². The second-order valence-electron chi connectivity index (χ2n) is 8.19. The summed E-state index contributed by atoms with van der Waals surface area (Å²) < 4.78 is 40.9. The lowest BCUT2D eigenvalue weighted by Crippen LogP contribution is -2.41. The van der Waals surface area contributed by atoms with Gasteiger partial charge >= 0.3 is 0 Å². The monoisotopic (exact) mass is 444 g/mol. The number of halogens is 3. The van der Waals surface area contributed by atoms with Gasteiger partial charge in [0.2, 0.25) is 0 Å². The van der Waals surface area contributed by atoms with Crippen molar-refractivity contribution >= 4 is 22.4 Å². The first-order chi connectivity index (χ1) is 15.4. The molecule has 1 aliphatic rings. The molecular formula is C23H27F3N6. The first kappa shape index (κ1) is 22.3. The van der Waals surface area contributed by atoms with Crippen LogP contribution >= 0.6 is 0 Å². The van der Waals surface area contributed by atoms with Crippen LogP contribution in [0.3, 0.4) is 0 Å². The Morgan fingerprint density at radius 1 is 1.12 bits per heavy atom. The zero-order valence-corrected chi connectivity index (χ0v) is 18.4. The Kier molecular flexibility index (Phi) is 6.45. The van der Waals surface area contributed by atoms with Gasteiger partial charge in [-0.3, -0.25) is 4.98 Å². The average Bonchev–Trinajstić information content (AvgIpc) is 2.80. The molecule has 0 spiro atoms. The van der Waals surface area contributed by atoms with Gasteiger partial charge in [0.25, 0.3) is 6.43 Å². The van der Waals surface area contributed by atoms with Gasteiger partial charge in [0.05, 0.1) is 34.7 Å². The van der Waals surface area contributed by atoms with E-state index in [0.29, 0.717) is 23.1 Å². The molecule has 0 radical (unpaired) electrons. The van der Waals surface area contributed by atoms with E-state index in [1.807, 2.05) is 26.2 Å². The van der Waals surface area contributed by atoms with E-state index in [0.717, 1.165) is 43.1 Å². The molecule has 2 N–H and O–H groups in total. The predicted octanol–water partition coefficient (Wildman–Crippen LogP) is 4.77. The van der Waals surface area contributed by atoms with Crippen molar-refractivity contribution < 1.29 is 13.2 Å². The second kappa shape index (κ2) is 9.28. The Labute approximate surface area is 185 Å². The van der Waals surface area contributed by atoms with Gasteiger partial charge in [0.1, 0.15) is 5.82 Å². The zero-order valence-electron chi connectivity index (χ0n) is 18.4. The lowest BCUT2D eigenvalue weighted by Gasteiger charge is -2.33. The maximum absolute atomic E-state index is 14.6. The molecule has 4 rings (SSSR count). The van der Waals surface area contributed by atoms with Crippen LogP contribution in [-0.4, -0.2) is 41.4 Å². The first-order valence-corrected chi connectivity index (χ1v) is 10.8. The van der Waals surface area contributed by atoms with Crippen molar-refractivity contribution in [2.24, 2.45) is 0 Å². The molecule has 1 atom stereocenters. The molecule has 0 saturated carbocycles. The molecule has 0 bridgehead atoms. The summed E-state index contributed by atoms with van der Waals surface area (Å²) in [7, 11) is 1.98. The third-order valence-corrected chi connectivity index (χ3v) is 6.15. The second-order valence-corrected chi connectivity index (χ2v) is 8.19. The van der Waals surface area contributed by atoms with Crippen molar-refractivity contribution in [3.8, 4) is 0 Å². The number of nitrogens with zero attached hydrogens (tertiary/aromatic N) is 4. The van der Waals surface area contributed by atoms with Crippen molar-refractivity contribution in [3.63, 3.8) is 0 Å². The number of pyridine rings is 1. The summed E-state index contributed by atoms with van der Waals surface area (Å²) in [5, 5.41) is 15.7. The Bertz CT molecular complexity index is 1100. The SMILES string of the molecule is CNC1CCN(c2cnc3c(C)nnc(NC(C)c4cccc(C(F)F)c4F)c3c2)CC1. The highest BCUT2D eigenvalue weighted by Crippen LogP contribution is 2.32. The van der Waals surface area contributed by atoms with Crippen molar-refractivity contribution in [2.75, 3.05) is 30.4 Å². The summed E-state index contributed by atoms with van der Waals surface area (Å²) in [5.41, 5.74) is 1.91. The Morgan fingerprint density at radius 3 is 2.53 bits per heavy atom. The number of piperidine rings is 1. The molecule has 32 heavy (non-hydrogen) atoms. The molecule has 0 amide bonds. The molecule has 3 heterocycles. The normalized spacial score (nSPS) is 16.0. The smallest absolute Gasteiger partial charge is 0.266 e. The van der Waals surface area contributed by atoms with E-state index in [9.17, 15) is 13.2 Å². The molecule has 1 unspecified atom stereocenters. The van der Waals surface area contributed by atoms with E-state index in [1.54, 1.807) is 6.92 Å². The van der Waals surface area contributed by atoms with Crippen LogP contribution in [-0.2, 0) is 0 Å². The molecule has 170 valence electrons. The van der Waals surface area contributed by atoms with Crippen LogP contribution in [0, 0.1) is 12.7 Å². The summed E-state index contributed by atoms with van der Waals surface area (Å²) in [4.78, 5) is 6.90. The molecular weight excluding hydrogens is 417 g/mol. The maximum Gasteiger partial charge on any atom is 0.266 e. The van der Waals surface area contributed by atoms with E-state index in [-0.39, 0.29) is 5.56 Å². The minimum Gasteiger partial charge on any atom is -0.370 e. The highest BCUT2D eigenvalue weighted by Gasteiger charge is 2.22. The van der Waals surface area contributed by atoms with Crippen molar-refractivity contribution in [1.82, 2.24) is 20.5 Å². The van der Waals surface area contributed by atoms with Crippen LogP contribution in [0.5, 0.6) is 0 Å². The minimum absolute atomic E-state index is 0.150. The molecule has 2 aromatic heterocycles. The number of aromatic nitrogens is 3. The summed E-state index contributed by atoms with van der Waals surface area (Å²) in [6, 6.07) is 5.98. The number of hydrogen-bond acceptors (Lipinski definition) is 6. The highest BCUT2D eigenvalue weighted by atomic mass is 19.3. The van der Waals surface area contributed by atoms with Gasteiger partial charge in [0.15, 0.2) is 5.82 Å². The van der Waals surface area contributed by atoms with Gasteiger partial charge in [-0.25, -0.2) is 13.2 Å². The van der Waals surface area contributed by atoms with Gasteiger partial charge < -0.3 is 15.5 Å². The van der Waals surface area contributed by atoms with Crippen LogP contribution in [0.4, 0.5) is 24.7 Å². The Hall–Kier alpha value is -2.94. The van der Waals surface area contributed by atoms with Gasteiger partial charge in [-0.2, -0.15) is 5.10 Å². The number of aryl methyl sites for hydroxylation is 1. The van der Waals surface area contributed by atoms with Crippen LogP contribution in [0.15, 0.2) is 30.5 Å². The summed E-state index contributed by atoms with van der Waals surface area (Å²) in [5.74, 6) is -0.461. The first-order valence-electron chi connectivity index (χ1n) is 10.8. The minimum atomic E-state index is -2.87. The zero-order chi connectivity index (χ0) is 22.8. The van der Waals surface area contributed by atoms with E-state index in [4.69, 9.17) is 0 Å². The summed E-state index contributed by atoms with van der Waals surface area (Å²) in [6.07, 6.45) is 1.06. The maximum atomic E-state index is 14.6. The van der Waals surface area contributed by atoms with E-state index in [2.05, 4.69) is 30.7 Å². The molecule has 1 fully saturated rings. The van der Waals surface area contributed by atoms with Crippen LogP contribution in [0.1, 0.15) is 49.1 Å². The van der Waals surface area contributed by atoms with Gasteiger partial charge in [-0.1, -0.05) is 18.2 Å². The van der Waals surface area contributed by atoms with Crippen molar-refractivity contribution in [2.45, 2.75) is 45.2 Å². The number of hydrogen-bond donors (Lipinski definition) is 2. The third-order valence-electron chi connectivity index (χ3n) is 6.15. The fourth-order valence-corrected chi connectivity index (χ4v) is 4.21. The molecule has 1 aliphatic heterocycles. The predicted molar refractivity (Wildman–Crippen MR) is 120 cm³/mol. The number of nitrogens with one attached hydrogen (secondary N) is 2. The van der Waals surface area contributed by atoms with Gasteiger partial charge in [-0.05, 0) is 39.8 Å². The molecule has 3 aromatic rings. The van der Waals surface area contributed by atoms with Crippen LogP contribution in [0.2, 0.25) is 0 Å². The van der Waals surface area contributed by atoms with E-state index < -0.39 is 23.8 Å². The fraction of sp³-hybridized carbons (Fsp3) is 0.435. The summed E-state index contributed by atoms with van der Waals surface area (Å²) in [6.45, 7) is 5.38. The molecule has 9 heteroatoms. The molecule has 1 aromatic carbocycles. The highest BCUT2D eigenvalue weighted by molar-refractivity contribution is 5.92. The number of rotatable bonds is 6. The number of benzene rings is 1. The third kappa shape index (κ3) is 4.34. The lowest BCUT2D eigenvalue weighted by molar-refractivity contribution is 0.146. The Morgan fingerprint density at radius 2 is 1.84 bits per heavy atom. The average molecular weight is 445 g/mol. The summed E-state index contributed by atoms with van der Waals surface area (Å²) >= 11 is 0. The number of fused-ring (bicyclic) bond motifs is 1. The van der Waals surface area contributed by atoms with E-state index >= 15 is 0 Å². The molecule has 1 saturated heterocycles. The van der Waals surface area contributed by atoms with E-state index in [1.165, 1.54) is 12.1 Å². The lowest BCUT2D eigenvalue weighted by atomic mass is 10.0. The molecule has 0 aliphatic carbocycles. The van der Waals surface area contributed by atoms with Gasteiger partial charge in [-0.15, -0.1) is 5.10 Å². The molecule has 6 nitrogen and oxygen atoms in total. The van der Waals surface area contributed by atoms with Gasteiger partial charge in [0, 0.05) is 30.1 Å². The number of alkyl halides is 2. The largest absolute Gasteiger partial charge is 0.370 e. The topological polar surface area (TPSA) is 66.0 Å². The van der Waals surface area contributed by atoms with Crippen LogP contribution in [0.25, 0.3) is 10.9 Å². The quantitative estimate of drug-likeness (QED) is 0.571.